The summed E-state index contributed by atoms with van der Waals surface area (Å²) in [6.07, 6.45) is -9.59. The van der Waals surface area contributed by atoms with E-state index in [1.807, 2.05) is 0 Å². The van der Waals surface area contributed by atoms with Gasteiger partial charge in [0, 0.05) is 0 Å². The predicted octanol–water partition coefficient (Wildman–Crippen LogP) is 3.14. The molecule has 0 fully saturated rings. The van der Waals surface area contributed by atoms with Gasteiger partial charge in [0.05, 0.1) is 5.56 Å². The molecule has 96 valence electrons. The van der Waals surface area contributed by atoms with E-state index in [2.05, 4.69) is 0 Å². The van der Waals surface area contributed by atoms with Gasteiger partial charge in [0.15, 0.2) is 0 Å². The number of halogens is 6. The van der Waals surface area contributed by atoms with Gasteiger partial charge in [-0.15, -0.1) is 0 Å². The lowest BCUT2D eigenvalue weighted by atomic mass is 10.0. The average Bonchev–Trinajstić information content (AvgIpc) is 2.15. The van der Waals surface area contributed by atoms with Crippen molar-refractivity contribution in [2.75, 3.05) is 0 Å². The fourth-order valence-corrected chi connectivity index (χ4v) is 1.20. The van der Waals surface area contributed by atoms with Gasteiger partial charge in [-0.05, 0) is 24.1 Å². The van der Waals surface area contributed by atoms with Crippen molar-refractivity contribution in [2.45, 2.75) is 24.8 Å². The largest absolute Gasteiger partial charge is 0.416 e. The van der Waals surface area contributed by atoms with Crippen molar-refractivity contribution in [2.24, 2.45) is 5.73 Å². The van der Waals surface area contributed by atoms with Crippen molar-refractivity contribution in [1.29, 1.82) is 0 Å². The van der Waals surface area contributed by atoms with E-state index in [1.54, 1.807) is 0 Å². The van der Waals surface area contributed by atoms with Crippen LogP contribution >= 0.6 is 0 Å². The monoisotopic (exact) mass is 257 g/mol. The predicted molar refractivity (Wildman–Crippen MR) is 49.2 cm³/mol. The molecule has 0 saturated carbocycles. The van der Waals surface area contributed by atoms with Crippen LogP contribution in [0.25, 0.3) is 0 Å². The SMILES string of the molecule is N[C@@H](Cc1ccc(C(F)(F)F)cc1)C(F)(F)F. The third-order valence-corrected chi connectivity index (χ3v) is 2.16. The Hall–Kier alpha value is -1.24. The van der Waals surface area contributed by atoms with E-state index in [0.29, 0.717) is 0 Å². The lowest BCUT2D eigenvalue weighted by Gasteiger charge is -2.15. The molecule has 1 atom stereocenters. The molecular formula is C10H9F6N. The normalized spacial score (nSPS) is 14.8. The smallest absolute Gasteiger partial charge is 0.320 e. The molecule has 0 radical (unpaired) electrons. The first-order valence-electron chi connectivity index (χ1n) is 4.59. The Balaban J connectivity index is 2.76. The molecule has 0 aromatic heterocycles. The van der Waals surface area contributed by atoms with Crippen molar-refractivity contribution in [3.8, 4) is 0 Å². The van der Waals surface area contributed by atoms with E-state index >= 15 is 0 Å². The Kier molecular flexibility index (Phi) is 3.71. The van der Waals surface area contributed by atoms with Crippen LogP contribution in [0, 0.1) is 0 Å². The maximum atomic E-state index is 12.2. The number of benzene rings is 1. The third kappa shape index (κ3) is 3.92. The topological polar surface area (TPSA) is 26.0 Å². The molecule has 0 aliphatic rings. The molecule has 0 aliphatic carbocycles. The van der Waals surface area contributed by atoms with Gasteiger partial charge in [-0.3, -0.25) is 0 Å². The van der Waals surface area contributed by atoms with Crippen molar-refractivity contribution < 1.29 is 26.3 Å². The highest BCUT2D eigenvalue weighted by Crippen LogP contribution is 2.29. The summed E-state index contributed by atoms with van der Waals surface area (Å²) in [5.74, 6) is 0. The molecule has 0 saturated heterocycles. The van der Waals surface area contributed by atoms with Gasteiger partial charge in [0.2, 0.25) is 0 Å². The van der Waals surface area contributed by atoms with Gasteiger partial charge in [-0.1, -0.05) is 12.1 Å². The molecule has 7 heteroatoms. The Labute approximate surface area is 93.2 Å². The van der Waals surface area contributed by atoms with Gasteiger partial charge in [0.1, 0.15) is 6.04 Å². The molecular weight excluding hydrogens is 248 g/mol. The second-order valence-electron chi connectivity index (χ2n) is 3.55. The van der Waals surface area contributed by atoms with Crippen LogP contribution in [0.2, 0.25) is 0 Å². The van der Waals surface area contributed by atoms with E-state index in [0.717, 1.165) is 24.3 Å². The quantitative estimate of drug-likeness (QED) is 0.809. The molecule has 1 nitrogen and oxygen atoms in total. The number of hydrogen-bond donors (Lipinski definition) is 1. The minimum atomic E-state index is -4.55. The second kappa shape index (κ2) is 4.56. The summed E-state index contributed by atoms with van der Waals surface area (Å²) < 4.78 is 72.8. The van der Waals surface area contributed by atoms with Crippen LogP contribution in [0.1, 0.15) is 11.1 Å². The van der Waals surface area contributed by atoms with Crippen molar-refractivity contribution >= 4 is 0 Å². The molecule has 1 aromatic rings. The minimum absolute atomic E-state index is 0.114. The zero-order valence-corrected chi connectivity index (χ0v) is 8.44. The fraction of sp³-hybridized carbons (Fsp3) is 0.400. The summed E-state index contributed by atoms with van der Waals surface area (Å²) in [6.45, 7) is 0. The van der Waals surface area contributed by atoms with Gasteiger partial charge >= 0.3 is 12.4 Å². The number of alkyl halides is 6. The van der Waals surface area contributed by atoms with Gasteiger partial charge in [0.25, 0.3) is 0 Å². The summed E-state index contributed by atoms with van der Waals surface area (Å²) in [5.41, 5.74) is 4.07. The lowest BCUT2D eigenvalue weighted by molar-refractivity contribution is -0.147. The van der Waals surface area contributed by atoms with E-state index in [1.165, 1.54) is 0 Å². The molecule has 0 bridgehead atoms. The van der Waals surface area contributed by atoms with Crippen LogP contribution in [-0.4, -0.2) is 12.2 Å². The third-order valence-electron chi connectivity index (χ3n) is 2.16. The molecule has 0 spiro atoms. The zero-order chi connectivity index (χ0) is 13.3. The maximum Gasteiger partial charge on any atom is 0.416 e. The van der Waals surface area contributed by atoms with Crippen molar-refractivity contribution in [3.05, 3.63) is 35.4 Å². The summed E-state index contributed by atoms with van der Waals surface area (Å²) in [4.78, 5) is 0. The average molecular weight is 257 g/mol. The number of hydrogen-bond acceptors (Lipinski definition) is 1. The molecule has 1 rings (SSSR count). The Bertz CT molecular complexity index is 364. The molecule has 17 heavy (non-hydrogen) atoms. The first kappa shape index (κ1) is 13.8. The highest BCUT2D eigenvalue weighted by atomic mass is 19.4. The number of nitrogens with two attached hydrogens (primary N) is 1. The standard InChI is InChI=1S/C10H9F6N/c11-9(12,13)7-3-1-6(2-4-7)5-8(17)10(14,15)16/h1-4,8H,5,17H2/t8-/m0/s1. The summed E-state index contributed by atoms with van der Waals surface area (Å²) in [6, 6.07) is 1.39. The highest BCUT2D eigenvalue weighted by Gasteiger charge is 2.36. The Morgan fingerprint density at radius 3 is 1.76 bits per heavy atom. The fourth-order valence-electron chi connectivity index (χ4n) is 1.20. The van der Waals surface area contributed by atoms with Crippen LogP contribution in [0.15, 0.2) is 24.3 Å². The van der Waals surface area contributed by atoms with E-state index in [4.69, 9.17) is 5.73 Å². The van der Waals surface area contributed by atoms with E-state index < -0.39 is 30.4 Å². The molecule has 0 aliphatic heterocycles. The number of rotatable bonds is 2. The van der Waals surface area contributed by atoms with E-state index in [-0.39, 0.29) is 5.56 Å². The summed E-state index contributed by atoms with van der Waals surface area (Å²) in [5, 5.41) is 0. The molecule has 0 amide bonds. The lowest BCUT2D eigenvalue weighted by Crippen LogP contribution is -2.39. The Morgan fingerprint density at radius 1 is 0.941 bits per heavy atom. The summed E-state index contributed by atoms with van der Waals surface area (Å²) in [7, 11) is 0. The van der Waals surface area contributed by atoms with Crippen LogP contribution in [0.3, 0.4) is 0 Å². The van der Waals surface area contributed by atoms with Gasteiger partial charge in [-0.2, -0.15) is 26.3 Å². The van der Waals surface area contributed by atoms with Crippen LogP contribution in [0.4, 0.5) is 26.3 Å². The first-order valence-corrected chi connectivity index (χ1v) is 4.59. The van der Waals surface area contributed by atoms with Gasteiger partial charge < -0.3 is 5.73 Å². The highest BCUT2D eigenvalue weighted by molar-refractivity contribution is 5.25. The maximum absolute atomic E-state index is 12.2. The molecule has 0 heterocycles. The molecule has 1 aromatic carbocycles. The minimum Gasteiger partial charge on any atom is -0.320 e. The summed E-state index contributed by atoms with van der Waals surface area (Å²) >= 11 is 0. The van der Waals surface area contributed by atoms with Gasteiger partial charge in [-0.25, -0.2) is 0 Å². The van der Waals surface area contributed by atoms with Crippen LogP contribution in [-0.2, 0) is 12.6 Å². The molecule has 0 unspecified atom stereocenters. The van der Waals surface area contributed by atoms with E-state index in [9.17, 15) is 26.3 Å². The Morgan fingerprint density at radius 2 is 1.41 bits per heavy atom. The van der Waals surface area contributed by atoms with Crippen LogP contribution in [0.5, 0.6) is 0 Å². The zero-order valence-electron chi connectivity index (χ0n) is 8.44. The first-order chi connectivity index (χ1) is 7.60. The van der Waals surface area contributed by atoms with Crippen LogP contribution < -0.4 is 5.73 Å². The molecule has 2 N–H and O–H groups in total. The second-order valence-corrected chi connectivity index (χ2v) is 3.55. The van der Waals surface area contributed by atoms with Crippen molar-refractivity contribution in [1.82, 2.24) is 0 Å². The van der Waals surface area contributed by atoms with Crippen molar-refractivity contribution in [3.63, 3.8) is 0 Å².